The van der Waals surface area contributed by atoms with Crippen molar-refractivity contribution in [3.8, 4) is 0 Å². The van der Waals surface area contributed by atoms with Crippen LogP contribution in [0.15, 0.2) is 35.3 Å². The van der Waals surface area contributed by atoms with E-state index in [1.165, 1.54) is 5.69 Å². The van der Waals surface area contributed by atoms with Gasteiger partial charge in [0.1, 0.15) is 0 Å². The van der Waals surface area contributed by atoms with Crippen molar-refractivity contribution in [2.24, 2.45) is 4.99 Å². The van der Waals surface area contributed by atoms with Crippen molar-refractivity contribution >= 4 is 21.7 Å². The number of benzene rings is 1. The van der Waals surface area contributed by atoms with Crippen LogP contribution in [0.4, 0.5) is 5.69 Å². The van der Waals surface area contributed by atoms with Crippen LogP contribution in [-0.2, 0) is 10.0 Å². The van der Waals surface area contributed by atoms with Crippen molar-refractivity contribution in [2.45, 2.75) is 18.9 Å². The summed E-state index contributed by atoms with van der Waals surface area (Å²) in [5, 5.41) is 6.67. The van der Waals surface area contributed by atoms with Gasteiger partial charge >= 0.3 is 0 Å². The van der Waals surface area contributed by atoms with Crippen LogP contribution in [0.3, 0.4) is 0 Å². The topological polar surface area (TPSA) is 77.0 Å². The number of nitrogens with zero attached hydrogens (tertiary/aromatic N) is 3. The molecule has 2 fully saturated rings. The molecule has 2 N–H and O–H groups in total. The van der Waals surface area contributed by atoms with E-state index in [1.807, 2.05) is 6.07 Å². The minimum Gasteiger partial charge on any atom is -0.369 e. The fourth-order valence-corrected chi connectivity index (χ4v) is 4.91. The molecule has 2 aliphatic rings. The van der Waals surface area contributed by atoms with Crippen LogP contribution >= 0.6 is 0 Å². The number of rotatable bonds is 5. The maximum atomic E-state index is 11.8. The quantitative estimate of drug-likeness (QED) is 0.586. The van der Waals surface area contributed by atoms with Gasteiger partial charge < -0.3 is 15.5 Å². The lowest BCUT2D eigenvalue weighted by molar-refractivity contribution is 0.444. The Hall–Kier alpha value is -1.80. The number of aliphatic imine (C=N–C) groups is 1. The minimum absolute atomic E-state index is 0.275. The van der Waals surface area contributed by atoms with E-state index in [-0.39, 0.29) is 5.75 Å². The van der Waals surface area contributed by atoms with E-state index in [1.54, 1.807) is 11.4 Å². The van der Waals surface area contributed by atoms with Crippen LogP contribution in [0.5, 0.6) is 0 Å². The fourth-order valence-electron chi connectivity index (χ4n) is 3.38. The maximum absolute atomic E-state index is 11.8. The molecule has 2 heterocycles. The predicted molar refractivity (Wildman–Crippen MR) is 102 cm³/mol. The summed E-state index contributed by atoms with van der Waals surface area (Å²) in [6.07, 6.45) is 1.78. The van der Waals surface area contributed by atoms with Gasteiger partial charge in [-0.3, -0.25) is 4.99 Å². The van der Waals surface area contributed by atoms with Crippen molar-refractivity contribution in [1.29, 1.82) is 0 Å². The van der Waals surface area contributed by atoms with E-state index in [0.717, 1.165) is 31.9 Å². The number of anilines is 1. The monoisotopic (exact) mass is 365 g/mol. The van der Waals surface area contributed by atoms with Crippen molar-refractivity contribution in [3.05, 3.63) is 30.3 Å². The standard InChI is InChI=1S/C17H27N5O2S/c1-18-17(19-9-12-22-10-5-13-25(22,23)24)20-15-8-11-21(14-15)16-6-3-2-4-7-16/h2-4,6-7,15H,5,8-14H2,1H3,(H2,18,19,20). The average molecular weight is 366 g/mol. The molecule has 138 valence electrons. The first kappa shape index (κ1) is 18.0. The second-order valence-electron chi connectivity index (χ2n) is 6.48. The molecule has 0 saturated carbocycles. The first-order valence-corrected chi connectivity index (χ1v) is 10.4. The number of hydrogen-bond donors (Lipinski definition) is 2. The third-order valence-electron chi connectivity index (χ3n) is 4.73. The molecular formula is C17H27N5O2S. The molecule has 8 heteroatoms. The van der Waals surface area contributed by atoms with Crippen LogP contribution in [0.1, 0.15) is 12.8 Å². The van der Waals surface area contributed by atoms with E-state index in [9.17, 15) is 8.42 Å². The zero-order valence-electron chi connectivity index (χ0n) is 14.7. The molecule has 1 aromatic rings. The first-order chi connectivity index (χ1) is 12.1. The molecule has 1 aromatic carbocycles. The lowest BCUT2D eigenvalue weighted by Crippen LogP contribution is -2.46. The molecule has 1 unspecified atom stereocenters. The van der Waals surface area contributed by atoms with Gasteiger partial charge in [-0.15, -0.1) is 0 Å². The molecule has 2 saturated heterocycles. The molecule has 2 aliphatic heterocycles. The van der Waals surface area contributed by atoms with Gasteiger partial charge in [-0.25, -0.2) is 12.7 Å². The first-order valence-electron chi connectivity index (χ1n) is 8.83. The number of para-hydroxylation sites is 1. The summed E-state index contributed by atoms with van der Waals surface area (Å²) in [5.74, 6) is 1.01. The molecule has 0 amide bonds. The number of guanidine groups is 1. The van der Waals surface area contributed by atoms with Crippen LogP contribution in [-0.4, -0.2) is 70.2 Å². The Morgan fingerprint density at radius 2 is 2.08 bits per heavy atom. The van der Waals surface area contributed by atoms with Gasteiger partial charge in [-0.2, -0.15) is 0 Å². The van der Waals surface area contributed by atoms with E-state index >= 15 is 0 Å². The summed E-state index contributed by atoms with van der Waals surface area (Å²) < 4.78 is 25.2. The molecular weight excluding hydrogens is 338 g/mol. The molecule has 3 rings (SSSR count). The smallest absolute Gasteiger partial charge is 0.214 e. The number of sulfonamides is 1. The Morgan fingerprint density at radius 3 is 2.76 bits per heavy atom. The van der Waals surface area contributed by atoms with E-state index < -0.39 is 10.0 Å². The van der Waals surface area contributed by atoms with Crippen LogP contribution in [0.25, 0.3) is 0 Å². The molecule has 0 bridgehead atoms. The Kier molecular flexibility index (Phi) is 5.80. The maximum Gasteiger partial charge on any atom is 0.214 e. The van der Waals surface area contributed by atoms with Gasteiger partial charge in [0.05, 0.1) is 5.75 Å². The highest BCUT2D eigenvalue weighted by molar-refractivity contribution is 7.89. The predicted octanol–water partition coefficient (Wildman–Crippen LogP) is 0.466. The van der Waals surface area contributed by atoms with Gasteiger partial charge in [0, 0.05) is 51.5 Å². The van der Waals surface area contributed by atoms with Crippen molar-refractivity contribution in [1.82, 2.24) is 14.9 Å². The zero-order chi connectivity index (χ0) is 17.7. The Morgan fingerprint density at radius 1 is 1.28 bits per heavy atom. The lowest BCUT2D eigenvalue weighted by atomic mass is 10.3. The molecule has 25 heavy (non-hydrogen) atoms. The van der Waals surface area contributed by atoms with Gasteiger partial charge in [0.15, 0.2) is 5.96 Å². The van der Waals surface area contributed by atoms with Gasteiger partial charge in [-0.05, 0) is 25.0 Å². The lowest BCUT2D eigenvalue weighted by Gasteiger charge is -2.21. The van der Waals surface area contributed by atoms with E-state index in [2.05, 4.69) is 44.8 Å². The zero-order valence-corrected chi connectivity index (χ0v) is 15.5. The second-order valence-corrected chi connectivity index (χ2v) is 8.57. The Balaban J connectivity index is 1.44. The Bertz CT molecular complexity index is 692. The largest absolute Gasteiger partial charge is 0.369 e. The third-order valence-corrected chi connectivity index (χ3v) is 6.69. The van der Waals surface area contributed by atoms with E-state index in [4.69, 9.17) is 0 Å². The highest BCUT2D eigenvalue weighted by Gasteiger charge is 2.27. The second kappa shape index (κ2) is 8.05. The summed E-state index contributed by atoms with van der Waals surface area (Å²) in [4.78, 5) is 6.62. The van der Waals surface area contributed by atoms with E-state index in [0.29, 0.717) is 25.7 Å². The Labute approximate surface area is 150 Å². The van der Waals surface area contributed by atoms with Crippen LogP contribution in [0.2, 0.25) is 0 Å². The SMILES string of the molecule is CN=C(NCCN1CCCS1(=O)=O)NC1CCN(c2ccccc2)C1. The molecule has 1 atom stereocenters. The molecule has 7 nitrogen and oxygen atoms in total. The van der Waals surface area contributed by atoms with Gasteiger partial charge in [0.25, 0.3) is 0 Å². The summed E-state index contributed by atoms with van der Waals surface area (Å²) >= 11 is 0. The van der Waals surface area contributed by atoms with Crippen LogP contribution in [0, 0.1) is 0 Å². The summed E-state index contributed by atoms with van der Waals surface area (Å²) in [6.45, 7) is 3.64. The molecule has 0 spiro atoms. The number of nitrogens with one attached hydrogen (secondary N) is 2. The van der Waals surface area contributed by atoms with Crippen molar-refractivity contribution in [3.63, 3.8) is 0 Å². The third kappa shape index (κ3) is 4.64. The normalized spacial score (nSPS) is 23.8. The molecule has 0 radical (unpaired) electrons. The summed E-state index contributed by atoms with van der Waals surface area (Å²) in [7, 11) is -1.28. The van der Waals surface area contributed by atoms with Crippen molar-refractivity contribution < 1.29 is 8.42 Å². The average Bonchev–Trinajstić information content (AvgIpc) is 3.21. The number of hydrogen-bond acceptors (Lipinski definition) is 4. The highest BCUT2D eigenvalue weighted by atomic mass is 32.2. The van der Waals surface area contributed by atoms with Crippen molar-refractivity contribution in [2.75, 3.05) is 50.4 Å². The minimum atomic E-state index is -3.03. The summed E-state index contributed by atoms with van der Waals surface area (Å²) in [5.41, 5.74) is 1.24. The molecule has 0 aliphatic carbocycles. The van der Waals surface area contributed by atoms with Gasteiger partial charge in [-0.1, -0.05) is 18.2 Å². The van der Waals surface area contributed by atoms with Crippen LogP contribution < -0.4 is 15.5 Å². The fraction of sp³-hybridized carbons (Fsp3) is 0.588. The molecule has 0 aromatic heterocycles. The van der Waals surface area contributed by atoms with Gasteiger partial charge in [0.2, 0.25) is 10.0 Å². The highest BCUT2D eigenvalue weighted by Crippen LogP contribution is 2.19. The summed E-state index contributed by atoms with van der Waals surface area (Å²) in [6, 6.07) is 10.7.